The van der Waals surface area contributed by atoms with Gasteiger partial charge in [0.25, 0.3) is 0 Å². The van der Waals surface area contributed by atoms with Gasteiger partial charge < -0.3 is 10.2 Å². The summed E-state index contributed by atoms with van der Waals surface area (Å²) in [4.78, 5) is 0. The topological polar surface area (TPSA) is 61.9 Å². The third-order valence-electron chi connectivity index (χ3n) is 7.77. The Morgan fingerprint density at radius 2 is 1.85 bits per heavy atom. The van der Waals surface area contributed by atoms with Crippen LogP contribution >= 0.6 is 0 Å². The molecule has 2 atom stereocenters. The third kappa shape index (κ3) is 5.76. The monoisotopic (exact) mass is 577 g/mol. The average Bonchev–Trinajstić information content (AvgIpc) is 3.50. The Kier molecular flexibility index (Phi) is 7.71. The maximum Gasteiger partial charge on any atom is 0.404 e. The second kappa shape index (κ2) is 10.9. The summed E-state index contributed by atoms with van der Waals surface area (Å²) in [7, 11) is -3.12. The first-order valence-electron chi connectivity index (χ1n) is 13.1. The van der Waals surface area contributed by atoms with E-state index >= 15 is 0 Å². The number of alkyl halides is 3. The van der Waals surface area contributed by atoms with Gasteiger partial charge in [0.05, 0.1) is 18.5 Å². The zero-order valence-electron chi connectivity index (χ0n) is 22.2. The summed E-state index contributed by atoms with van der Waals surface area (Å²) >= 11 is 0. The van der Waals surface area contributed by atoms with Gasteiger partial charge in [-0.15, -0.1) is 0 Å². The normalized spacial score (nSPS) is 20.7. The molecular weight excluding hydrogens is 546 g/mol. The summed E-state index contributed by atoms with van der Waals surface area (Å²) in [5.41, 5.74) is 8.76. The van der Waals surface area contributed by atoms with E-state index in [9.17, 15) is 26.0 Å². The molecule has 11 heteroatoms. The maximum absolute atomic E-state index is 13.5. The van der Waals surface area contributed by atoms with Gasteiger partial charge in [-0.3, -0.25) is 5.01 Å². The van der Waals surface area contributed by atoms with Crippen molar-refractivity contribution in [2.45, 2.75) is 32.4 Å². The van der Waals surface area contributed by atoms with E-state index in [2.05, 4.69) is 5.43 Å². The fraction of sp³-hybridized carbons (Fsp3) is 0.379. The number of fused-ring (bicyclic) bond motifs is 1. The van der Waals surface area contributed by atoms with Crippen LogP contribution in [-0.2, 0) is 16.4 Å². The number of para-hydroxylation sites is 1. The number of hydrogen-bond acceptors (Lipinski definition) is 5. The molecule has 0 spiro atoms. The summed E-state index contributed by atoms with van der Waals surface area (Å²) in [6.45, 7) is 1.92. The van der Waals surface area contributed by atoms with Crippen LogP contribution in [0.25, 0.3) is 0 Å². The van der Waals surface area contributed by atoms with Gasteiger partial charge in [-0.2, -0.15) is 13.2 Å². The molecule has 0 amide bonds. The van der Waals surface area contributed by atoms with E-state index in [0.717, 1.165) is 38.0 Å². The number of anilines is 1. The van der Waals surface area contributed by atoms with Crippen LogP contribution in [0.4, 0.5) is 23.2 Å². The molecule has 214 valence electrons. The minimum absolute atomic E-state index is 0.0255. The van der Waals surface area contributed by atoms with Gasteiger partial charge in [-0.05, 0) is 72.7 Å². The highest BCUT2D eigenvalue weighted by Gasteiger charge is 2.42. The van der Waals surface area contributed by atoms with Crippen LogP contribution in [0.2, 0.25) is 0 Å². The zero-order chi connectivity index (χ0) is 28.7. The molecule has 1 heterocycles. The van der Waals surface area contributed by atoms with Crippen LogP contribution in [0.3, 0.4) is 0 Å². The van der Waals surface area contributed by atoms with Crippen LogP contribution in [-0.4, -0.2) is 44.9 Å². The largest absolute Gasteiger partial charge is 0.496 e. The summed E-state index contributed by atoms with van der Waals surface area (Å²) in [6, 6.07) is 13.2. The van der Waals surface area contributed by atoms with Crippen molar-refractivity contribution in [3.63, 3.8) is 0 Å². The van der Waals surface area contributed by atoms with Gasteiger partial charge in [0.1, 0.15) is 11.6 Å². The molecule has 0 saturated carbocycles. The highest BCUT2D eigenvalue weighted by atomic mass is 32.2. The molecule has 2 aromatic rings. The molecule has 2 aliphatic carbocycles. The summed E-state index contributed by atoms with van der Waals surface area (Å²) in [6.07, 6.45) is 0.635. The van der Waals surface area contributed by atoms with Crippen molar-refractivity contribution in [3.8, 4) is 5.75 Å². The Labute approximate surface area is 231 Å². The first-order valence-corrected chi connectivity index (χ1v) is 14.7. The predicted octanol–water partition coefficient (Wildman–Crippen LogP) is 5.72. The molecule has 5 rings (SSSR count). The Hall–Kier alpha value is -3.31. The molecule has 0 unspecified atom stereocenters. The molecule has 0 fully saturated rings. The molecule has 6 nitrogen and oxygen atoms in total. The maximum atomic E-state index is 13.5. The molecular formula is C29H31F4N3O3S. The van der Waals surface area contributed by atoms with E-state index in [4.69, 9.17) is 4.74 Å². The van der Waals surface area contributed by atoms with Gasteiger partial charge >= 0.3 is 6.18 Å². The smallest absolute Gasteiger partial charge is 0.404 e. The van der Waals surface area contributed by atoms with E-state index in [-0.39, 0.29) is 37.2 Å². The Morgan fingerprint density at radius 1 is 1.12 bits per heavy atom. The molecule has 1 N–H and O–H groups in total. The Balaban J connectivity index is 1.41. The number of methoxy groups -OCH3 is 1. The van der Waals surface area contributed by atoms with E-state index in [1.54, 1.807) is 36.4 Å². The molecule has 0 radical (unpaired) electrons. The molecule has 0 aromatic heterocycles. The van der Waals surface area contributed by atoms with Crippen LogP contribution in [0, 0.1) is 17.7 Å². The fourth-order valence-electron chi connectivity index (χ4n) is 5.95. The number of nitrogens with one attached hydrogen (secondary N) is 1. The number of halogens is 4. The van der Waals surface area contributed by atoms with Crippen molar-refractivity contribution in [3.05, 3.63) is 94.6 Å². The predicted molar refractivity (Wildman–Crippen MR) is 145 cm³/mol. The lowest BCUT2D eigenvalue weighted by molar-refractivity contribution is -0.107. The van der Waals surface area contributed by atoms with Crippen molar-refractivity contribution >= 4 is 15.7 Å². The summed E-state index contributed by atoms with van der Waals surface area (Å²) < 4.78 is 85.8. The molecule has 2 aromatic carbocycles. The van der Waals surface area contributed by atoms with Gasteiger partial charge in [0.15, 0.2) is 5.75 Å². The number of rotatable bonds is 9. The van der Waals surface area contributed by atoms with Crippen molar-refractivity contribution in [1.29, 1.82) is 0 Å². The molecule has 0 bridgehead atoms. The van der Waals surface area contributed by atoms with E-state index in [1.165, 1.54) is 19.2 Å². The lowest BCUT2D eigenvalue weighted by atomic mass is 9.80. The number of benzene rings is 2. The van der Waals surface area contributed by atoms with Crippen LogP contribution in [0.15, 0.2) is 83.2 Å². The van der Waals surface area contributed by atoms with Crippen molar-refractivity contribution < 1.29 is 30.7 Å². The Morgan fingerprint density at radius 3 is 2.55 bits per heavy atom. The lowest BCUT2D eigenvalue weighted by Gasteiger charge is -2.32. The lowest BCUT2D eigenvalue weighted by Crippen LogP contribution is -2.42. The molecule has 0 saturated heterocycles. The standard InChI is InChI=1S/C29H31F4N3O3S/c1-19-25-16-34-36(24-11-9-23(30)10-12-24)26(25)15-21-7-8-22(28(19)21)17-35(40(37,38)18-29(31,32)33)14-13-20-5-3-4-6-27(20)39-2/h3-6,9-12,15-16,19,22,34H,7-8,13-14,17-18H2,1-2H3/t19-,22+/m0/s1. The SMILES string of the molecule is COc1ccccc1CCN(C[C@H]1CCC2=C1[C@@H](C)C1=CNN(c3ccc(F)cc3)C1=C2)S(=O)(=O)CC(F)(F)F. The second-order valence-corrected chi connectivity index (χ2v) is 12.3. The van der Waals surface area contributed by atoms with Crippen LogP contribution < -0.4 is 15.2 Å². The van der Waals surface area contributed by atoms with Gasteiger partial charge in [0, 0.05) is 30.8 Å². The van der Waals surface area contributed by atoms with Gasteiger partial charge in [-0.25, -0.2) is 17.1 Å². The number of hydrogen-bond donors (Lipinski definition) is 1. The number of ether oxygens (including phenoxy) is 1. The van der Waals surface area contributed by atoms with Gasteiger partial charge in [0.2, 0.25) is 10.0 Å². The van der Waals surface area contributed by atoms with Crippen LogP contribution in [0.1, 0.15) is 25.3 Å². The summed E-state index contributed by atoms with van der Waals surface area (Å²) in [5.74, 6) is -1.95. The van der Waals surface area contributed by atoms with Crippen molar-refractivity contribution in [2.75, 3.05) is 31.0 Å². The zero-order valence-corrected chi connectivity index (χ0v) is 23.0. The van der Waals surface area contributed by atoms with Crippen molar-refractivity contribution in [1.82, 2.24) is 9.73 Å². The fourth-order valence-corrected chi connectivity index (χ4v) is 7.32. The first-order chi connectivity index (χ1) is 19.0. The molecule has 1 aliphatic heterocycles. The molecule has 40 heavy (non-hydrogen) atoms. The van der Waals surface area contributed by atoms with E-state index in [1.807, 2.05) is 24.2 Å². The number of allylic oxidation sites excluding steroid dienone is 3. The first kappa shape index (κ1) is 28.2. The van der Waals surface area contributed by atoms with Crippen LogP contribution in [0.5, 0.6) is 5.75 Å². The number of nitrogens with zero attached hydrogens (tertiary/aromatic N) is 2. The minimum atomic E-state index is -4.85. The average molecular weight is 578 g/mol. The van der Waals surface area contributed by atoms with Gasteiger partial charge in [-0.1, -0.05) is 30.7 Å². The minimum Gasteiger partial charge on any atom is -0.496 e. The third-order valence-corrected chi connectivity index (χ3v) is 9.58. The Bertz CT molecular complexity index is 1470. The number of hydrazine groups is 1. The van der Waals surface area contributed by atoms with E-state index in [0.29, 0.717) is 18.6 Å². The number of sulfonamides is 1. The summed E-state index contributed by atoms with van der Waals surface area (Å²) in [5, 5.41) is 1.87. The highest BCUT2D eigenvalue weighted by Crippen LogP contribution is 2.48. The quantitative estimate of drug-likeness (QED) is 0.387. The molecule has 3 aliphatic rings. The van der Waals surface area contributed by atoms with Crippen molar-refractivity contribution in [2.24, 2.45) is 11.8 Å². The highest BCUT2D eigenvalue weighted by molar-refractivity contribution is 7.89. The second-order valence-electron chi connectivity index (χ2n) is 10.3. The van der Waals surface area contributed by atoms with E-state index < -0.39 is 22.0 Å².